The predicted molar refractivity (Wildman–Crippen MR) is 113 cm³/mol. The van der Waals surface area contributed by atoms with E-state index in [-0.39, 0.29) is 18.1 Å². The summed E-state index contributed by atoms with van der Waals surface area (Å²) in [7, 11) is 1.46. The fourth-order valence-electron chi connectivity index (χ4n) is 4.16. The number of nitrogens with zero attached hydrogens (tertiary/aromatic N) is 3. The van der Waals surface area contributed by atoms with Crippen LogP contribution in [0, 0.1) is 0 Å². The molecule has 12 heteroatoms. The van der Waals surface area contributed by atoms with Crippen LogP contribution >= 0.6 is 0 Å². The van der Waals surface area contributed by atoms with Gasteiger partial charge in [0.05, 0.1) is 6.54 Å². The minimum Gasteiger partial charge on any atom is -0.383 e. The van der Waals surface area contributed by atoms with Crippen LogP contribution in [0.3, 0.4) is 0 Å². The monoisotopic (exact) mass is 435 g/mol. The molecule has 12 nitrogen and oxygen atoms in total. The van der Waals surface area contributed by atoms with Crippen molar-refractivity contribution in [2.24, 2.45) is 0 Å². The van der Waals surface area contributed by atoms with E-state index < -0.39 is 34.6 Å². The number of rotatable bonds is 7. The zero-order valence-corrected chi connectivity index (χ0v) is 17.8. The van der Waals surface area contributed by atoms with Crippen molar-refractivity contribution in [2.75, 3.05) is 24.2 Å². The summed E-state index contributed by atoms with van der Waals surface area (Å²) in [6, 6.07) is -0.673. The predicted octanol–water partition coefficient (Wildman–Crippen LogP) is -0.359. The van der Waals surface area contributed by atoms with E-state index in [4.69, 9.17) is 5.73 Å². The average molecular weight is 435 g/mol. The van der Waals surface area contributed by atoms with Crippen LogP contribution < -0.4 is 32.6 Å². The summed E-state index contributed by atoms with van der Waals surface area (Å²) in [6.07, 6.45) is 5.24. The zero-order valence-electron chi connectivity index (χ0n) is 17.8. The number of aromatic amines is 1. The van der Waals surface area contributed by atoms with Crippen LogP contribution in [-0.2, 0) is 16.1 Å². The molecular weight excluding hydrogens is 406 g/mol. The third-order valence-electron chi connectivity index (χ3n) is 5.82. The van der Waals surface area contributed by atoms with Crippen molar-refractivity contribution in [2.45, 2.75) is 64.0 Å². The Morgan fingerprint density at radius 2 is 1.87 bits per heavy atom. The maximum absolute atomic E-state index is 12.8. The van der Waals surface area contributed by atoms with Crippen molar-refractivity contribution in [3.63, 3.8) is 0 Å². The highest BCUT2D eigenvalue weighted by atomic mass is 16.2. The molecule has 3 rings (SSSR count). The highest BCUT2D eigenvalue weighted by Crippen LogP contribution is 2.33. The number of nitrogen functional groups attached to an aromatic ring is 1. The first-order valence-corrected chi connectivity index (χ1v) is 10.5. The number of hydrazine groups is 1. The van der Waals surface area contributed by atoms with Gasteiger partial charge in [-0.1, -0.05) is 32.6 Å². The van der Waals surface area contributed by atoms with Crippen LogP contribution in [0.5, 0.6) is 0 Å². The summed E-state index contributed by atoms with van der Waals surface area (Å²) in [5.41, 5.74) is 6.04. The Morgan fingerprint density at radius 1 is 1.19 bits per heavy atom. The average Bonchev–Trinajstić information content (AvgIpc) is 2.92. The van der Waals surface area contributed by atoms with Crippen LogP contribution in [0.25, 0.3) is 0 Å². The van der Waals surface area contributed by atoms with Gasteiger partial charge in [-0.05, 0) is 19.3 Å². The van der Waals surface area contributed by atoms with E-state index in [1.165, 1.54) is 16.5 Å². The first kappa shape index (κ1) is 22.4. The number of anilines is 2. The Labute approximate surface area is 178 Å². The van der Waals surface area contributed by atoms with E-state index in [1.807, 2.05) is 6.92 Å². The van der Waals surface area contributed by atoms with Crippen LogP contribution in [-0.4, -0.2) is 51.5 Å². The van der Waals surface area contributed by atoms with Crippen molar-refractivity contribution in [3.8, 4) is 0 Å². The van der Waals surface area contributed by atoms with Gasteiger partial charge >= 0.3 is 11.7 Å². The summed E-state index contributed by atoms with van der Waals surface area (Å²) in [4.78, 5) is 65.5. The summed E-state index contributed by atoms with van der Waals surface area (Å²) < 4.78 is 1.25. The Bertz CT molecular complexity index is 992. The number of nitrogens with two attached hydrogens (primary N) is 1. The zero-order chi connectivity index (χ0) is 22.8. The quantitative estimate of drug-likeness (QED) is 0.425. The molecule has 1 aromatic heterocycles. The summed E-state index contributed by atoms with van der Waals surface area (Å²) >= 11 is 0. The summed E-state index contributed by atoms with van der Waals surface area (Å²) in [5.74, 6) is -1.20. The summed E-state index contributed by atoms with van der Waals surface area (Å²) in [6.45, 7) is 1.93. The first-order chi connectivity index (χ1) is 14.7. The van der Waals surface area contributed by atoms with E-state index in [9.17, 15) is 24.0 Å². The van der Waals surface area contributed by atoms with Crippen molar-refractivity contribution in [3.05, 3.63) is 20.8 Å². The standard InChI is InChI=1S/C19H29N7O5/c1-3-4-10-25-14(20)13(15(28)21-17(25)30)24(2)11-12(27)23-26-16(29)19(22-18(26)31)8-6-5-7-9-19/h3-11,20H2,1-2H3,(H,22,31)(H,23,27)(H,21,28,30). The third kappa shape index (κ3) is 4.28. The smallest absolute Gasteiger partial charge is 0.344 e. The number of nitrogens with one attached hydrogen (secondary N) is 3. The molecule has 1 aliphatic heterocycles. The van der Waals surface area contributed by atoms with Crippen LogP contribution in [0.1, 0.15) is 51.9 Å². The minimum atomic E-state index is -0.954. The topological polar surface area (TPSA) is 163 Å². The van der Waals surface area contributed by atoms with Gasteiger partial charge in [0.1, 0.15) is 17.0 Å². The first-order valence-electron chi connectivity index (χ1n) is 10.5. The number of amides is 4. The van der Waals surface area contributed by atoms with E-state index in [2.05, 4.69) is 15.7 Å². The highest BCUT2D eigenvalue weighted by Gasteiger charge is 2.52. The number of imide groups is 1. The van der Waals surface area contributed by atoms with E-state index in [0.717, 1.165) is 25.7 Å². The Kier molecular flexibility index (Phi) is 6.37. The molecule has 0 atom stereocenters. The fourth-order valence-corrected chi connectivity index (χ4v) is 4.16. The molecule has 1 saturated carbocycles. The van der Waals surface area contributed by atoms with Crippen molar-refractivity contribution in [1.29, 1.82) is 0 Å². The van der Waals surface area contributed by atoms with Gasteiger partial charge in [-0.25, -0.2) is 9.59 Å². The number of likely N-dealkylation sites (N-methyl/N-ethyl adjacent to an activating group) is 1. The largest absolute Gasteiger partial charge is 0.383 e. The number of aromatic nitrogens is 2. The SMILES string of the molecule is CCCCn1c(N)c(N(C)CC(=O)NN2C(=O)NC3(CCCCC3)C2=O)c(=O)[nH]c1=O. The second kappa shape index (κ2) is 8.82. The molecule has 0 unspecified atom stereocenters. The van der Waals surface area contributed by atoms with Gasteiger partial charge < -0.3 is 16.0 Å². The van der Waals surface area contributed by atoms with Crippen molar-refractivity contribution >= 4 is 29.4 Å². The van der Waals surface area contributed by atoms with Crippen LogP contribution in [0.4, 0.5) is 16.3 Å². The number of unbranched alkanes of at least 4 members (excludes halogenated alkanes) is 1. The molecule has 170 valence electrons. The molecule has 0 radical (unpaired) electrons. The van der Waals surface area contributed by atoms with Gasteiger partial charge in [0, 0.05) is 13.6 Å². The molecule has 2 fully saturated rings. The van der Waals surface area contributed by atoms with Crippen LogP contribution in [0.15, 0.2) is 9.59 Å². The Hall–Kier alpha value is -3.31. The maximum Gasteiger partial charge on any atom is 0.344 e. The van der Waals surface area contributed by atoms with E-state index in [1.54, 1.807) is 0 Å². The Balaban J connectivity index is 1.73. The molecule has 5 N–H and O–H groups in total. The molecule has 1 aromatic rings. The van der Waals surface area contributed by atoms with Gasteiger partial charge in [-0.2, -0.15) is 5.01 Å². The number of urea groups is 1. The lowest BCUT2D eigenvalue weighted by atomic mass is 9.82. The normalized spacial score (nSPS) is 17.7. The molecule has 1 aliphatic carbocycles. The molecule has 0 bridgehead atoms. The van der Waals surface area contributed by atoms with Gasteiger partial charge in [0.15, 0.2) is 0 Å². The van der Waals surface area contributed by atoms with Crippen molar-refractivity contribution in [1.82, 2.24) is 25.3 Å². The lowest BCUT2D eigenvalue weighted by molar-refractivity contribution is -0.139. The Morgan fingerprint density at radius 3 is 2.52 bits per heavy atom. The van der Waals surface area contributed by atoms with Gasteiger partial charge in [0.2, 0.25) is 0 Å². The summed E-state index contributed by atoms with van der Waals surface area (Å²) in [5, 5.41) is 3.41. The number of H-pyrrole nitrogens is 1. The lowest BCUT2D eigenvalue weighted by Crippen LogP contribution is -2.52. The molecule has 4 amide bonds. The number of carbonyl (C=O) groups excluding carboxylic acids is 3. The second-order valence-corrected chi connectivity index (χ2v) is 8.10. The van der Waals surface area contributed by atoms with E-state index in [0.29, 0.717) is 30.8 Å². The molecule has 2 aliphatic rings. The number of hydrogen-bond acceptors (Lipinski definition) is 7. The molecule has 31 heavy (non-hydrogen) atoms. The van der Waals surface area contributed by atoms with Gasteiger partial charge in [0.25, 0.3) is 17.4 Å². The molecule has 1 saturated heterocycles. The third-order valence-corrected chi connectivity index (χ3v) is 5.82. The van der Waals surface area contributed by atoms with Gasteiger partial charge in [-0.3, -0.25) is 29.4 Å². The molecule has 0 aromatic carbocycles. The molecule has 1 spiro atoms. The van der Waals surface area contributed by atoms with Crippen molar-refractivity contribution < 1.29 is 14.4 Å². The fraction of sp³-hybridized carbons (Fsp3) is 0.632. The number of hydrogen-bond donors (Lipinski definition) is 4. The minimum absolute atomic E-state index is 0.0354. The second-order valence-electron chi connectivity index (χ2n) is 8.10. The molecular formula is C19H29N7O5. The number of carbonyl (C=O) groups is 3. The van der Waals surface area contributed by atoms with E-state index >= 15 is 0 Å². The van der Waals surface area contributed by atoms with Gasteiger partial charge in [-0.15, -0.1) is 0 Å². The van der Waals surface area contributed by atoms with Crippen LogP contribution in [0.2, 0.25) is 0 Å². The highest BCUT2D eigenvalue weighted by molar-refractivity contribution is 6.08. The lowest BCUT2D eigenvalue weighted by Gasteiger charge is -2.30. The maximum atomic E-state index is 12.8. The molecule has 2 heterocycles.